The minimum Gasteiger partial charge on any atom is -0.505 e. The number of anilines is 1. The van der Waals surface area contributed by atoms with Gasteiger partial charge in [-0.2, -0.15) is 0 Å². The van der Waals surface area contributed by atoms with E-state index in [-0.39, 0.29) is 5.75 Å². The Bertz CT molecular complexity index is 671. The van der Waals surface area contributed by atoms with Gasteiger partial charge in [-0.1, -0.05) is 17.7 Å². The first kappa shape index (κ1) is 14.8. The van der Waals surface area contributed by atoms with Gasteiger partial charge in [0.25, 0.3) is 0 Å². The Kier molecular flexibility index (Phi) is 4.42. The van der Waals surface area contributed by atoms with Gasteiger partial charge in [0.05, 0.1) is 12.7 Å². The second-order valence-electron chi connectivity index (χ2n) is 4.68. The molecule has 0 aliphatic carbocycles. The Hall–Kier alpha value is -2.56. The van der Waals surface area contributed by atoms with Gasteiger partial charge in [-0.15, -0.1) is 0 Å². The fraction of sp³-hybridized carbons (Fsp3) is 0.188. The van der Waals surface area contributed by atoms with Crippen molar-refractivity contribution in [1.82, 2.24) is 0 Å². The fourth-order valence-corrected chi connectivity index (χ4v) is 1.95. The van der Waals surface area contributed by atoms with E-state index in [2.05, 4.69) is 5.32 Å². The van der Waals surface area contributed by atoms with Crippen molar-refractivity contribution in [2.24, 2.45) is 0 Å². The van der Waals surface area contributed by atoms with Gasteiger partial charge in [-0.3, -0.25) is 0 Å². The van der Waals surface area contributed by atoms with E-state index in [4.69, 9.17) is 9.84 Å². The molecule has 2 N–H and O–H groups in total. The van der Waals surface area contributed by atoms with Crippen LogP contribution in [-0.2, 0) is 11.3 Å². The molecule has 0 saturated carbocycles. The highest BCUT2D eigenvalue weighted by Crippen LogP contribution is 2.21. The lowest BCUT2D eigenvalue weighted by atomic mass is 10.1. The maximum atomic E-state index is 13.3. The summed E-state index contributed by atoms with van der Waals surface area (Å²) in [4.78, 5) is 11.7. The fourth-order valence-electron chi connectivity index (χ4n) is 1.95. The summed E-state index contributed by atoms with van der Waals surface area (Å²) < 4.78 is 18.0. The van der Waals surface area contributed by atoms with Crippen molar-refractivity contribution in [3.63, 3.8) is 0 Å². The number of carbonyl (C=O) groups is 1. The van der Waals surface area contributed by atoms with E-state index in [1.165, 1.54) is 19.2 Å². The molecule has 0 aliphatic heterocycles. The first-order chi connectivity index (χ1) is 10.0. The lowest BCUT2D eigenvalue weighted by Gasteiger charge is -2.12. The van der Waals surface area contributed by atoms with E-state index < -0.39 is 11.8 Å². The molecule has 2 rings (SSSR count). The third-order valence-electron chi connectivity index (χ3n) is 3.08. The number of esters is 1. The predicted molar refractivity (Wildman–Crippen MR) is 77.9 cm³/mol. The number of methoxy groups -OCH3 is 1. The molecule has 4 nitrogen and oxygen atoms in total. The minimum atomic E-state index is -0.675. The van der Waals surface area contributed by atoms with Crippen LogP contribution in [0.15, 0.2) is 36.4 Å². The molecule has 0 saturated heterocycles. The molecule has 0 amide bonds. The van der Waals surface area contributed by atoms with Crippen LogP contribution in [0, 0.1) is 12.7 Å². The van der Waals surface area contributed by atoms with Crippen LogP contribution in [0.2, 0.25) is 0 Å². The Balaban J connectivity index is 2.19. The Morgan fingerprint density at radius 2 is 2.05 bits per heavy atom. The number of carbonyl (C=O) groups excluding carboxylic acids is 1. The summed E-state index contributed by atoms with van der Waals surface area (Å²) in [6, 6.07) is 9.52. The predicted octanol–water partition coefficient (Wildman–Crippen LogP) is 3.24. The van der Waals surface area contributed by atoms with Gasteiger partial charge in [-0.25, -0.2) is 9.18 Å². The summed E-state index contributed by atoms with van der Waals surface area (Å²) in [7, 11) is 1.32. The zero-order valence-corrected chi connectivity index (χ0v) is 11.8. The molecule has 0 unspecified atom stereocenters. The largest absolute Gasteiger partial charge is 0.505 e. The quantitative estimate of drug-likeness (QED) is 0.848. The molecule has 0 bridgehead atoms. The summed E-state index contributed by atoms with van der Waals surface area (Å²) in [5.74, 6) is -1.49. The summed E-state index contributed by atoms with van der Waals surface area (Å²) in [5, 5.41) is 12.2. The third-order valence-corrected chi connectivity index (χ3v) is 3.08. The number of aryl methyl sites for hydroxylation is 1. The molecular weight excluding hydrogens is 273 g/mol. The standard InChI is InChI=1S/C16H16FNO3/c1-10-3-5-14(12(7-10)16(20)21-2)18-9-11-4-6-15(19)13(17)8-11/h3-8,18-19H,9H2,1-2H3. The van der Waals surface area contributed by atoms with Gasteiger partial charge in [0.15, 0.2) is 11.6 Å². The summed E-state index contributed by atoms with van der Waals surface area (Å²) in [6.45, 7) is 2.20. The molecule has 2 aromatic rings. The number of phenolic OH excluding ortho intramolecular Hbond substituents is 1. The van der Waals surface area contributed by atoms with Crippen LogP contribution < -0.4 is 5.32 Å². The van der Waals surface area contributed by atoms with E-state index in [1.54, 1.807) is 18.2 Å². The number of ether oxygens (including phenoxy) is 1. The van der Waals surface area contributed by atoms with Crippen LogP contribution >= 0.6 is 0 Å². The van der Waals surface area contributed by atoms with Crippen molar-refractivity contribution in [2.45, 2.75) is 13.5 Å². The lowest BCUT2D eigenvalue weighted by molar-refractivity contribution is 0.0601. The maximum Gasteiger partial charge on any atom is 0.339 e. The zero-order valence-electron chi connectivity index (χ0n) is 11.8. The van der Waals surface area contributed by atoms with Gasteiger partial charge in [0.1, 0.15) is 0 Å². The Morgan fingerprint density at radius 1 is 1.29 bits per heavy atom. The van der Waals surface area contributed by atoms with Gasteiger partial charge in [-0.05, 0) is 36.8 Å². The van der Waals surface area contributed by atoms with Crippen molar-refractivity contribution in [3.05, 3.63) is 58.9 Å². The molecule has 0 radical (unpaired) electrons. The highest BCUT2D eigenvalue weighted by molar-refractivity contribution is 5.95. The van der Waals surface area contributed by atoms with Gasteiger partial charge in [0.2, 0.25) is 0 Å². The molecule has 110 valence electrons. The van der Waals surface area contributed by atoms with E-state index in [1.807, 2.05) is 13.0 Å². The molecule has 5 heteroatoms. The molecular formula is C16H16FNO3. The van der Waals surface area contributed by atoms with Crippen LogP contribution in [-0.4, -0.2) is 18.2 Å². The van der Waals surface area contributed by atoms with Crippen molar-refractivity contribution in [2.75, 3.05) is 12.4 Å². The number of phenols is 1. The average Bonchev–Trinajstić information content (AvgIpc) is 2.48. The topological polar surface area (TPSA) is 58.6 Å². The third kappa shape index (κ3) is 3.51. The average molecular weight is 289 g/mol. The van der Waals surface area contributed by atoms with E-state index in [0.717, 1.165) is 5.56 Å². The first-order valence-corrected chi connectivity index (χ1v) is 6.41. The molecule has 21 heavy (non-hydrogen) atoms. The molecule has 0 spiro atoms. The van der Waals surface area contributed by atoms with Crippen molar-refractivity contribution in [3.8, 4) is 5.75 Å². The van der Waals surface area contributed by atoms with E-state index >= 15 is 0 Å². The second-order valence-corrected chi connectivity index (χ2v) is 4.68. The van der Waals surface area contributed by atoms with Crippen molar-refractivity contribution >= 4 is 11.7 Å². The van der Waals surface area contributed by atoms with Gasteiger partial charge < -0.3 is 15.2 Å². The monoisotopic (exact) mass is 289 g/mol. The number of nitrogens with one attached hydrogen (secondary N) is 1. The van der Waals surface area contributed by atoms with Crippen LogP contribution in [0.5, 0.6) is 5.75 Å². The zero-order chi connectivity index (χ0) is 15.4. The molecule has 0 aromatic heterocycles. The van der Waals surface area contributed by atoms with Crippen molar-refractivity contribution < 1.29 is 19.0 Å². The lowest BCUT2D eigenvalue weighted by Crippen LogP contribution is -2.08. The van der Waals surface area contributed by atoms with Gasteiger partial charge in [0, 0.05) is 12.2 Å². The van der Waals surface area contributed by atoms with Crippen molar-refractivity contribution in [1.29, 1.82) is 0 Å². The molecule has 0 heterocycles. The Labute approximate surface area is 122 Å². The summed E-state index contributed by atoms with van der Waals surface area (Å²) in [6.07, 6.45) is 0. The maximum absolute atomic E-state index is 13.3. The SMILES string of the molecule is COC(=O)c1cc(C)ccc1NCc1ccc(O)c(F)c1. The highest BCUT2D eigenvalue weighted by atomic mass is 19.1. The van der Waals surface area contributed by atoms with Crippen LogP contribution in [0.25, 0.3) is 0 Å². The van der Waals surface area contributed by atoms with Crippen LogP contribution in [0.4, 0.5) is 10.1 Å². The van der Waals surface area contributed by atoms with E-state index in [9.17, 15) is 9.18 Å². The first-order valence-electron chi connectivity index (χ1n) is 6.41. The Morgan fingerprint density at radius 3 is 2.71 bits per heavy atom. The normalized spacial score (nSPS) is 10.2. The van der Waals surface area contributed by atoms with E-state index in [0.29, 0.717) is 23.4 Å². The number of halogens is 1. The molecule has 0 atom stereocenters. The molecule has 0 fully saturated rings. The highest BCUT2D eigenvalue weighted by Gasteiger charge is 2.12. The van der Waals surface area contributed by atoms with Crippen LogP contribution in [0.3, 0.4) is 0 Å². The number of benzene rings is 2. The molecule has 0 aliphatic rings. The minimum absolute atomic E-state index is 0.324. The van der Waals surface area contributed by atoms with Crippen LogP contribution in [0.1, 0.15) is 21.5 Å². The smallest absolute Gasteiger partial charge is 0.339 e. The summed E-state index contributed by atoms with van der Waals surface area (Å²) in [5.41, 5.74) is 2.64. The number of hydrogen-bond acceptors (Lipinski definition) is 4. The second kappa shape index (κ2) is 6.26. The number of aromatic hydroxyl groups is 1. The number of rotatable bonds is 4. The van der Waals surface area contributed by atoms with Gasteiger partial charge >= 0.3 is 5.97 Å². The summed E-state index contributed by atoms with van der Waals surface area (Å²) >= 11 is 0. The molecule has 2 aromatic carbocycles. The number of hydrogen-bond donors (Lipinski definition) is 2.